The van der Waals surface area contributed by atoms with Gasteiger partial charge in [-0.05, 0) is 12.1 Å². The van der Waals surface area contributed by atoms with Crippen LogP contribution in [-0.4, -0.2) is 26.7 Å². The lowest BCUT2D eigenvalue weighted by molar-refractivity contribution is -0.132. The van der Waals surface area contributed by atoms with Gasteiger partial charge in [-0.25, -0.2) is 5.01 Å². The maximum atomic E-state index is 12.2. The molecule has 5 nitrogen and oxygen atoms in total. The van der Waals surface area contributed by atoms with Gasteiger partial charge in [-0.15, -0.1) is 0 Å². The molecule has 1 aromatic carbocycles. The second-order valence-electron chi connectivity index (χ2n) is 5.16. The third-order valence-corrected chi connectivity index (χ3v) is 3.76. The van der Waals surface area contributed by atoms with Gasteiger partial charge in [-0.3, -0.25) is 9.78 Å². The molecule has 1 aliphatic rings. The van der Waals surface area contributed by atoms with E-state index in [0.29, 0.717) is 18.4 Å². The third kappa shape index (κ3) is 2.57. The summed E-state index contributed by atoms with van der Waals surface area (Å²) in [5.41, 5.74) is 2.42. The second kappa shape index (κ2) is 5.97. The summed E-state index contributed by atoms with van der Waals surface area (Å²) < 4.78 is 0. The lowest BCUT2D eigenvalue weighted by atomic mass is 9.98. The van der Waals surface area contributed by atoms with Crippen molar-refractivity contribution >= 4 is 11.6 Å². The lowest BCUT2D eigenvalue weighted by Gasteiger charge is -2.22. The van der Waals surface area contributed by atoms with E-state index in [0.717, 1.165) is 11.3 Å². The number of benzene rings is 1. The van der Waals surface area contributed by atoms with Gasteiger partial charge in [0.25, 0.3) is 0 Å². The van der Waals surface area contributed by atoms with E-state index in [9.17, 15) is 9.90 Å². The Balaban J connectivity index is 1.98. The number of rotatable bonds is 3. The maximum absolute atomic E-state index is 12.2. The summed E-state index contributed by atoms with van der Waals surface area (Å²) >= 11 is 0. The smallest absolute Gasteiger partial charge is 0.242 e. The number of aromatic hydroxyl groups is 1. The zero-order chi connectivity index (χ0) is 15.5. The van der Waals surface area contributed by atoms with E-state index >= 15 is 0 Å². The molecule has 1 amide bonds. The molecule has 1 unspecified atom stereocenters. The molecule has 112 valence electrons. The molecule has 1 atom stereocenters. The van der Waals surface area contributed by atoms with E-state index in [1.54, 1.807) is 24.5 Å². The molecule has 3 rings (SSSR count). The molecule has 0 saturated heterocycles. The largest absolute Gasteiger partial charge is 0.508 e. The Labute approximate surface area is 128 Å². The molecule has 0 spiro atoms. The van der Waals surface area contributed by atoms with Crippen LogP contribution in [0.3, 0.4) is 0 Å². The predicted octanol–water partition coefficient (Wildman–Crippen LogP) is 2.87. The van der Waals surface area contributed by atoms with Gasteiger partial charge in [0, 0.05) is 36.4 Å². The second-order valence-corrected chi connectivity index (χ2v) is 5.16. The van der Waals surface area contributed by atoms with Crippen molar-refractivity contribution in [3.8, 4) is 5.75 Å². The van der Waals surface area contributed by atoms with Gasteiger partial charge < -0.3 is 5.11 Å². The van der Waals surface area contributed by atoms with E-state index in [1.165, 1.54) is 5.01 Å². The van der Waals surface area contributed by atoms with Gasteiger partial charge in [0.1, 0.15) is 5.75 Å². The molecule has 2 aromatic rings. The molecule has 0 bridgehead atoms. The van der Waals surface area contributed by atoms with E-state index in [2.05, 4.69) is 10.1 Å². The first-order valence-corrected chi connectivity index (χ1v) is 7.28. The maximum Gasteiger partial charge on any atom is 0.242 e. The van der Waals surface area contributed by atoms with Crippen molar-refractivity contribution in [2.75, 3.05) is 0 Å². The molecule has 0 radical (unpaired) electrons. The van der Waals surface area contributed by atoms with Crippen LogP contribution < -0.4 is 0 Å². The topological polar surface area (TPSA) is 65.8 Å². The predicted molar refractivity (Wildman–Crippen MR) is 83.4 cm³/mol. The Morgan fingerprint density at radius 1 is 1.32 bits per heavy atom. The fraction of sp³-hybridized carbons (Fsp3) is 0.235. The number of carbonyl (C=O) groups is 1. The minimum atomic E-state index is -0.274. The zero-order valence-electron chi connectivity index (χ0n) is 12.3. The number of para-hydroxylation sites is 1. The summed E-state index contributed by atoms with van der Waals surface area (Å²) in [4.78, 5) is 16.3. The van der Waals surface area contributed by atoms with Gasteiger partial charge in [-0.1, -0.05) is 31.2 Å². The van der Waals surface area contributed by atoms with E-state index in [1.807, 2.05) is 31.2 Å². The minimum absolute atomic E-state index is 0.0628. The number of hydrogen-bond donors (Lipinski definition) is 1. The Morgan fingerprint density at radius 2 is 2.14 bits per heavy atom. The standard InChI is InChI=1S/C17H17N3O2/c1-2-17(22)20-15(13-7-3-4-8-16(13)21)10-14(19-20)12-6-5-9-18-11-12/h3-9,11,15,21H,2,10H2,1H3. The molecule has 0 aliphatic carbocycles. The van der Waals surface area contributed by atoms with Crippen LogP contribution >= 0.6 is 0 Å². The molecule has 1 aliphatic heterocycles. The summed E-state index contributed by atoms with van der Waals surface area (Å²) in [7, 11) is 0. The van der Waals surface area contributed by atoms with E-state index in [-0.39, 0.29) is 17.7 Å². The number of hydrazone groups is 1. The van der Waals surface area contributed by atoms with Gasteiger partial charge in [0.15, 0.2) is 0 Å². The number of nitrogens with zero attached hydrogens (tertiary/aromatic N) is 3. The number of phenolic OH excluding ortho intramolecular Hbond substituents is 1. The Hall–Kier alpha value is -2.69. The average molecular weight is 295 g/mol. The van der Waals surface area contributed by atoms with Gasteiger partial charge in [-0.2, -0.15) is 5.10 Å². The lowest BCUT2D eigenvalue weighted by Crippen LogP contribution is -2.26. The van der Waals surface area contributed by atoms with Crippen LogP contribution in [0, 0.1) is 0 Å². The van der Waals surface area contributed by atoms with Crippen LogP contribution in [0.5, 0.6) is 5.75 Å². The summed E-state index contributed by atoms with van der Waals surface area (Å²) in [6, 6.07) is 10.6. The van der Waals surface area contributed by atoms with Crippen molar-refractivity contribution in [2.24, 2.45) is 5.10 Å². The highest BCUT2D eigenvalue weighted by Crippen LogP contribution is 2.36. The Bertz CT molecular complexity index is 713. The highest BCUT2D eigenvalue weighted by atomic mass is 16.3. The van der Waals surface area contributed by atoms with Crippen LogP contribution in [0.2, 0.25) is 0 Å². The number of hydrogen-bond acceptors (Lipinski definition) is 4. The summed E-state index contributed by atoms with van der Waals surface area (Å²) in [5.74, 6) is 0.121. The number of phenols is 1. The fourth-order valence-corrected chi connectivity index (χ4v) is 2.62. The Kier molecular flexibility index (Phi) is 3.87. The van der Waals surface area contributed by atoms with Crippen LogP contribution in [-0.2, 0) is 4.79 Å². The van der Waals surface area contributed by atoms with Crippen LogP contribution in [0.4, 0.5) is 0 Å². The molecule has 5 heteroatoms. The molecule has 0 fully saturated rings. The molecule has 1 aromatic heterocycles. The molecular formula is C17H17N3O2. The zero-order valence-corrected chi connectivity index (χ0v) is 12.3. The number of amides is 1. The number of aromatic nitrogens is 1. The molecule has 22 heavy (non-hydrogen) atoms. The molecule has 0 saturated carbocycles. The van der Waals surface area contributed by atoms with Crippen molar-refractivity contribution in [1.82, 2.24) is 9.99 Å². The van der Waals surface area contributed by atoms with Gasteiger partial charge >= 0.3 is 0 Å². The number of carbonyl (C=O) groups excluding carboxylic acids is 1. The first-order chi connectivity index (χ1) is 10.7. The van der Waals surface area contributed by atoms with E-state index < -0.39 is 0 Å². The Morgan fingerprint density at radius 3 is 2.82 bits per heavy atom. The van der Waals surface area contributed by atoms with Crippen molar-refractivity contribution in [1.29, 1.82) is 0 Å². The van der Waals surface area contributed by atoms with E-state index in [4.69, 9.17) is 0 Å². The summed E-state index contributed by atoms with van der Waals surface area (Å²) in [6.45, 7) is 1.81. The van der Waals surface area contributed by atoms with Crippen LogP contribution in [0.15, 0.2) is 53.9 Å². The average Bonchev–Trinajstić information content (AvgIpc) is 3.00. The normalized spacial score (nSPS) is 17.4. The first kappa shape index (κ1) is 14.3. The summed E-state index contributed by atoms with van der Waals surface area (Å²) in [5, 5.41) is 16.1. The van der Waals surface area contributed by atoms with Gasteiger partial charge in [0.05, 0.1) is 11.8 Å². The monoisotopic (exact) mass is 295 g/mol. The molecule has 2 heterocycles. The molecular weight excluding hydrogens is 278 g/mol. The SMILES string of the molecule is CCC(=O)N1N=C(c2cccnc2)CC1c1ccccc1O. The van der Waals surface area contributed by atoms with Crippen LogP contribution in [0.25, 0.3) is 0 Å². The third-order valence-electron chi connectivity index (χ3n) is 3.76. The van der Waals surface area contributed by atoms with Crippen LogP contribution in [0.1, 0.15) is 36.9 Å². The fourth-order valence-electron chi connectivity index (χ4n) is 2.62. The summed E-state index contributed by atoms with van der Waals surface area (Å²) in [6.07, 6.45) is 4.37. The van der Waals surface area contributed by atoms with Crippen molar-refractivity contribution < 1.29 is 9.90 Å². The van der Waals surface area contributed by atoms with Crippen molar-refractivity contribution in [3.63, 3.8) is 0 Å². The first-order valence-electron chi connectivity index (χ1n) is 7.28. The minimum Gasteiger partial charge on any atom is -0.508 e. The number of pyridine rings is 1. The van der Waals surface area contributed by atoms with Gasteiger partial charge in [0.2, 0.25) is 5.91 Å². The highest BCUT2D eigenvalue weighted by molar-refractivity contribution is 6.03. The quantitative estimate of drug-likeness (QED) is 0.947. The molecule has 1 N–H and O–H groups in total. The highest BCUT2D eigenvalue weighted by Gasteiger charge is 2.33. The van der Waals surface area contributed by atoms with Crippen molar-refractivity contribution in [3.05, 3.63) is 59.9 Å². The van der Waals surface area contributed by atoms with Crippen molar-refractivity contribution in [2.45, 2.75) is 25.8 Å².